The summed E-state index contributed by atoms with van der Waals surface area (Å²) in [7, 11) is 2.15. The molecular weight excluding hydrogens is 362 g/mol. The Morgan fingerprint density at radius 3 is 2.72 bits per heavy atom. The van der Waals surface area contributed by atoms with E-state index >= 15 is 0 Å². The van der Waals surface area contributed by atoms with Crippen LogP contribution in [0.5, 0.6) is 0 Å². The molecule has 4 rings (SSSR count). The van der Waals surface area contributed by atoms with Crippen molar-refractivity contribution in [3.8, 4) is 6.07 Å². The molecule has 1 aromatic carbocycles. The summed E-state index contributed by atoms with van der Waals surface area (Å²) in [5, 5.41) is 13.5. The number of para-hydroxylation sites is 2. The van der Waals surface area contributed by atoms with Gasteiger partial charge in [-0.3, -0.25) is 0 Å². The van der Waals surface area contributed by atoms with Gasteiger partial charge in [0, 0.05) is 18.8 Å². The van der Waals surface area contributed by atoms with Crippen molar-refractivity contribution in [1.29, 1.82) is 5.26 Å². The predicted molar refractivity (Wildman–Crippen MR) is 114 cm³/mol. The number of nitriles is 1. The van der Waals surface area contributed by atoms with Crippen LogP contribution in [-0.4, -0.2) is 50.6 Å². The van der Waals surface area contributed by atoms with E-state index in [0.717, 1.165) is 60.6 Å². The van der Waals surface area contributed by atoms with Crippen LogP contribution in [0.15, 0.2) is 30.5 Å². The third-order valence-corrected chi connectivity index (χ3v) is 5.72. The average Bonchev–Trinajstić information content (AvgIpc) is 3.11. The van der Waals surface area contributed by atoms with Gasteiger partial charge in [-0.15, -0.1) is 0 Å². The molecule has 7 nitrogen and oxygen atoms in total. The molecule has 1 aliphatic rings. The van der Waals surface area contributed by atoms with Crippen LogP contribution >= 0.6 is 0 Å². The summed E-state index contributed by atoms with van der Waals surface area (Å²) >= 11 is 0. The van der Waals surface area contributed by atoms with Gasteiger partial charge in [-0.1, -0.05) is 12.1 Å². The molecule has 1 atom stereocenters. The van der Waals surface area contributed by atoms with Gasteiger partial charge in [0.05, 0.1) is 22.8 Å². The maximum absolute atomic E-state index is 10.1. The molecule has 29 heavy (non-hydrogen) atoms. The summed E-state index contributed by atoms with van der Waals surface area (Å²) in [6, 6.07) is 10.8. The SMILES string of the molecule is CCn1c(C(C#N)c2nc(NC3CCN(C)CC3)ncc2C)nc2ccccc21. The number of benzene rings is 1. The molecule has 3 heterocycles. The van der Waals surface area contributed by atoms with Gasteiger partial charge in [0.2, 0.25) is 5.95 Å². The Hall–Kier alpha value is -2.98. The van der Waals surface area contributed by atoms with Gasteiger partial charge in [-0.25, -0.2) is 15.0 Å². The van der Waals surface area contributed by atoms with E-state index < -0.39 is 5.92 Å². The number of piperidine rings is 1. The minimum atomic E-state index is -0.539. The molecule has 1 saturated heterocycles. The summed E-state index contributed by atoms with van der Waals surface area (Å²) in [5.74, 6) is 0.797. The Morgan fingerprint density at radius 1 is 1.24 bits per heavy atom. The van der Waals surface area contributed by atoms with Crippen LogP contribution in [0.2, 0.25) is 0 Å². The fourth-order valence-corrected chi connectivity index (χ4v) is 4.04. The van der Waals surface area contributed by atoms with E-state index in [2.05, 4.69) is 39.8 Å². The van der Waals surface area contributed by atoms with Crippen LogP contribution < -0.4 is 5.32 Å². The molecule has 7 heteroatoms. The number of rotatable bonds is 5. The van der Waals surface area contributed by atoms with Crippen LogP contribution in [0.1, 0.15) is 42.8 Å². The minimum absolute atomic E-state index is 0.363. The van der Waals surface area contributed by atoms with E-state index in [1.807, 2.05) is 37.4 Å². The summed E-state index contributed by atoms with van der Waals surface area (Å²) in [6.45, 7) is 6.91. The number of nitrogens with zero attached hydrogens (tertiary/aromatic N) is 6. The van der Waals surface area contributed by atoms with Crippen molar-refractivity contribution in [2.75, 3.05) is 25.5 Å². The lowest BCUT2D eigenvalue weighted by atomic mass is 10.0. The lowest BCUT2D eigenvalue weighted by molar-refractivity contribution is 0.263. The second-order valence-electron chi connectivity index (χ2n) is 7.75. The maximum atomic E-state index is 10.1. The molecule has 3 aromatic rings. The quantitative estimate of drug-likeness (QED) is 0.721. The van der Waals surface area contributed by atoms with E-state index in [1.165, 1.54) is 0 Å². The Balaban J connectivity index is 1.68. The normalized spacial score (nSPS) is 16.6. The highest BCUT2D eigenvalue weighted by molar-refractivity contribution is 5.76. The molecule has 0 amide bonds. The van der Waals surface area contributed by atoms with Crippen molar-refractivity contribution in [3.63, 3.8) is 0 Å². The first-order valence-corrected chi connectivity index (χ1v) is 10.2. The van der Waals surface area contributed by atoms with Crippen LogP contribution in [0.25, 0.3) is 11.0 Å². The monoisotopic (exact) mass is 389 g/mol. The first-order valence-electron chi connectivity index (χ1n) is 10.2. The van der Waals surface area contributed by atoms with Crippen molar-refractivity contribution in [2.24, 2.45) is 0 Å². The zero-order valence-electron chi connectivity index (χ0n) is 17.3. The van der Waals surface area contributed by atoms with Crippen LogP contribution in [0.4, 0.5) is 5.95 Å². The second-order valence-corrected chi connectivity index (χ2v) is 7.75. The summed E-state index contributed by atoms with van der Waals surface area (Å²) in [4.78, 5) is 16.4. The van der Waals surface area contributed by atoms with Crippen LogP contribution in [0, 0.1) is 18.3 Å². The number of aromatic nitrogens is 4. The molecule has 150 valence electrons. The molecule has 2 aromatic heterocycles. The number of anilines is 1. The number of hydrogen-bond acceptors (Lipinski definition) is 6. The first kappa shape index (κ1) is 19.3. The van der Waals surface area contributed by atoms with E-state index in [9.17, 15) is 5.26 Å². The van der Waals surface area contributed by atoms with Gasteiger partial charge in [-0.2, -0.15) is 5.26 Å². The predicted octanol–water partition coefficient (Wildman–Crippen LogP) is 3.32. The van der Waals surface area contributed by atoms with Crippen LogP contribution in [-0.2, 0) is 6.54 Å². The Labute approximate surface area is 171 Å². The highest BCUT2D eigenvalue weighted by atomic mass is 15.2. The summed E-state index contributed by atoms with van der Waals surface area (Å²) in [5.41, 5.74) is 3.57. The van der Waals surface area contributed by atoms with Crippen molar-refractivity contribution in [3.05, 3.63) is 47.5 Å². The van der Waals surface area contributed by atoms with Gasteiger partial charge >= 0.3 is 0 Å². The van der Waals surface area contributed by atoms with Crippen LogP contribution in [0.3, 0.4) is 0 Å². The molecule has 0 saturated carbocycles. The molecule has 1 N–H and O–H groups in total. The minimum Gasteiger partial charge on any atom is -0.351 e. The number of hydrogen-bond donors (Lipinski definition) is 1. The number of likely N-dealkylation sites (tertiary alicyclic amines) is 1. The molecule has 0 spiro atoms. The molecule has 0 bridgehead atoms. The summed E-state index contributed by atoms with van der Waals surface area (Å²) in [6.07, 6.45) is 3.94. The Bertz CT molecular complexity index is 1040. The third-order valence-electron chi connectivity index (χ3n) is 5.72. The molecular formula is C22H27N7. The molecule has 1 unspecified atom stereocenters. The molecule has 1 fully saturated rings. The lowest BCUT2D eigenvalue weighted by Gasteiger charge is -2.29. The third kappa shape index (κ3) is 3.81. The fourth-order valence-electron chi connectivity index (χ4n) is 4.04. The van der Waals surface area contributed by atoms with E-state index in [4.69, 9.17) is 9.97 Å². The number of nitrogens with one attached hydrogen (secondary N) is 1. The van der Waals surface area contributed by atoms with Crippen molar-refractivity contribution < 1.29 is 0 Å². The van der Waals surface area contributed by atoms with Gasteiger partial charge in [-0.05, 0) is 64.5 Å². The second kappa shape index (κ2) is 8.18. The van der Waals surface area contributed by atoms with Gasteiger partial charge in [0.25, 0.3) is 0 Å². The zero-order valence-corrected chi connectivity index (χ0v) is 17.3. The molecule has 0 radical (unpaired) electrons. The van der Waals surface area contributed by atoms with Gasteiger partial charge in [0.15, 0.2) is 0 Å². The average molecular weight is 390 g/mol. The smallest absolute Gasteiger partial charge is 0.223 e. The highest BCUT2D eigenvalue weighted by Crippen LogP contribution is 2.28. The highest BCUT2D eigenvalue weighted by Gasteiger charge is 2.25. The fraction of sp³-hybridized carbons (Fsp3) is 0.455. The van der Waals surface area contributed by atoms with Gasteiger partial charge < -0.3 is 14.8 Å². The van der Waals surface area contributed by atoms with Crippen molar-refractivity contribution in [1.82, 2.24) is 24.4 Å². The Morgan fingerprint density at radius 2 is 2.00 bits per heavy atom. The number of aryl methyl sites for hydroxylation is 2. The largest absolute Gasteiger partial charge is 0.351 e. The zero-order chi connectivity index (χ0) is 20.4. The van der Waals surface area contributed by atoms with E-state index in [0.29, 0.717) is 12.0 Å². The Kier molecular flexibility index (Phi) is 5.45. The van der Waals surface area contributed by atoms with Gasteiger partial charge in [0.1, 0.15) is 11.7 Å². The molecule has 1 aliphatic heterocycles. The lowest BCUT2D eigenvalue weighted by Crippen LogP contribution is -2.37. The number of fused-ring (bicyclic) bond motifs is 1. The molecule has 0 aliphatic carbocycles. The topological polar surface area (TPSA) is 82.7 Å². The van der Waals surface area contributed by atoms with E-state index in [-0.39, 0.29) is 0 Å². The van der Waals surface area contributed by atoms with E-state index in [1.54, 1.807) is 0 Å². The maximum Gasteiger partial charge on any atom is 0.223 e. The number of imidazole rings is 1. The standard InChI is InChI=1S/C22H27N7/c1-4-29-19-8-6-5-7-18(19)26-21(29)17(13-23)20-15(2)14-24-22(27-20)25-16-9-11-28(3)12-10-16/h5-8,14,16-17H,4,9-12H2,1-3H3,(H,24,25,27). The van der Waals surface area contributed by atoms with Crippen molar-refractivity contribution >= 4 is 17.0 Å². The first-order chi connectivity index (χ1) is 14.1. The van der Waals surface area contributed by atoms with Crippen molar-refractivity contribution in [2.45, 2.75) is 45.2 Å². The summed E-state index contributed by atoms with van der Waals surface area (Å²) < 4.78 is 2.11.